The molecule has 6 heteroatoms. The van der Waals surface area contributed by atoms with Gasteiger partial charge in [-0.25, -0.2) is 13.1 Å². The summed E-state index contributed by atoms with van der Waals surface area (Å²) >= 11 is 3.35. The third-order valence-electron chi connectivity index (χ3n) is 3.19. The fourth-order valence-electron chi connectivity index (χ4n) is 2.25. The van der Waals surface area contributed by atoms with E-state index in [0.29, 0.717) is 12.4 Å². The van der Waals surface area contributed by atoms with Gasteiger partial charge in [0.25, 0.3) is 0 Å². The topological polar surface area (TPSA) is 55.4 Å². The molecule has 0 amide bonds. The lowest BCUT2D eigenvalue weighted by molar-refractivity contribution is 0.337. The number of nitrogens with one attached hydrogen (secondary N) is 1. The number of sulfonamides is 1. The van der Waals surface area contributed by atoms with Crippen LogP contribution in [0.1, 0.15) is 32.6 Å². The van der Waals surface area contributed by atoms with Crippen molar-refractivity contribution in [1.29, 1.82) is 0 Å². The molecule has 1 fully saturated rings. The van der Waals surface area contributed by atoms with Gasteiger partial charge < -0.3 is 4.74 Å². The minimum atomic E-state index is -3.45. The Morgan fingerprint density at radius 1 is 1.37 bits per heavy atom. The normalized spacial score (nSPS) is 16.7. The summed E-state index contributed by atoms with van der Waals surface area (Å²) in [6.45, 7) is 2.36. The lowest BCUT2D eigenvalue weighted by Gasteiger charge is -2.14. The van der Waals surface area contributed by atoms with Crippen molar-refractivity contribution in [2.75, 3.05) is 6.61 Å². The largest absolute Gasteiger partial charge is 0.493 e. The highest BCUT2D eigenvalue weighted by atomic mass is 79.9. The molecular weight excluding hydrogens is 330 g/mol. The summed E-state index contributed by atoms with van der Waals surface area (Å²) in [6, 6.07) is 4.92. The third kappa shape index (κ3) is 3.70. The molecule has 2 rings (SSSR count). The van der Waals surface area contributed by atoms with E-state index < -0.39 is 10.0 Å². The van der Waals surface area contributed by atoms with E-state index in [1.165, 1.54) is 0 Å². The molecule has 0 aliphatic heterocycles. The van der Waals surface area contributed by atoms with Crippen LogP contribution < -0.4 is 9.46 Å². The maximum Gasteiger partial charge on any atom is 0.240 e. The maximum atomic E-state index is 12.3. The van der Waals surface area contributed by atoms with Crippen molar-refractivity contribution in [3.63, 3.8) is 0 Å². The van der Waals surface area contributed by atoms with Crippen LogP contribution in [-0.4, -0.2) is 21.1 Å². The quantitative estimate of drug-likeness (QED) is 0.890. The van der Waals surface area contributed by atoms with Crippen molar-refractivity contribution in [3.05, 3.63) is 22.7 Å². The zero-order valence-corrected chi connectivity index (χ0v) is 13.3. The molecular formula is C13H18BrNO3S. The lowest BCUT2D eigenvalue weighted by atomic mass is 10.3. The van der Waals surface area contributed by atoms with Crippen molar-refractivity contribution < 1.29 is 13.2 Å². The highest BCUT2D eigenvalue weighted by Gasteiger charge is 2.23. The smallest absolute Gasteiger partial charge is 0.240 e. The summed E-state index contributed by atoms with van der Waals surface area (Å²) in [5.41, 5.74) is 0. The van der Waals surface area contributed by atoms with Crippen LogP contribution >= 0.6 is 15.9 Å². The van der Waals surface area contributed by atoms with E-state index in [1.807, 2.05) is 6.92 Å². The van der Waals surface area contributed by atoms with Gasteiger partial charge in [0.05, 0.1) is 16.0 Å². The van der Waals surface area contributed by atoms with Gasteiger partial charge in [-0.05, 0) is 47.8 Å². The van der Waals surface area contributed by atoms with Crippen LogP contribution in [0.3, 0.4) is 0 Å². The second kappa shape index (κ2) is 6.24. The van der Waals surface area contributed by atoms with Crippen LogP contribution in [-0.2, 0) is 10.0 Å². The number of halogens is 1. The van der Waals surface area contributed by atoms with Crippen LogP contribution in [0.15, 0.2) is 27.6 Å². The fraction of sp³-hybridized carbons (Fsp3) is 0.538. The van der Waals surface area contributed by atoms with Crippen molar-refractivity contribution >= 4 is 26.0 Å². The summed E-state index contributed by atoms with van der Waals surface area (Å²) in [4.78, 5) is 0.256. The minimum absolute atomic E-state index is 0.0733. The third-order valence-corrected chi connectivity index (χ3v) is 5.36. The van der Waals surface area contributed by atoms with Gasteiger partial charge in [-0.3, -0.25) is 0 Å². The average molecular weight is 348 g/mol. The Hall–Kier alpha value is -0.590. The molecule has 1 aliphatic rings. The van der Waals surface area contributed by atoms with Crippen LogP contribution in [0.2, 0.25) is 0 Å². The highest BCUT2D eigenvalue weighted by Crippen LogP contribution is 2.28. The van der Waals surface area contributed by atoms with Gasteiger partial charge in [-0.2, -0.15) is 0 Å². The van der Waals surface area contributed by atoms with E-state index >= 15 is 0 Å². The molecule has 0 unspecified atom stereocenters. The van der Waals surface area contributed by atoms with Gasteiger partial charge in [0.1, 0.15) is 5.75 Å². The molecule has 1 aromatic carbocycles. The molecule has 1 saturated carbocycles. The first-order valence-electron chi connectivity index (χ1n) is 6.47. The van der Waals surface area contributed by atoms with Crippen LogP contribution in [0.5, 0.6) is 5.75 Å². The van der Waals surface area contributed by atoms with Crippen LogP contribution in [0.25, 0.3) is 0 Å². The fourth-order valence-corrected chi connectivity index (χ4v) is 3.93. The summed E-state index contributed by atoms with van der Waals surface area (Å²) in [7, 11) is -3.45. The Morgan fingerprint density at radius 3 is 2.68 bits per heavy atom. The van der Waals surface area contributed by atoms with E-state index in [9.17, 15) is 8.42 Å². The monoisotopic (exact) mass is 347 g/mol. The molecule has 0 atom stereocenters. The van der Waals surface area contributed by atoms with Gasteiger partial charge >= 0.3 is 0 Å². The van der Waals surface area contributed by atoms with Gasteiger partial charge in [0.2, 0.25) is 10.0 Å². The molecule has 1 aromatic rings. The molecule has 1 aliphatic carbocycles. The summed E-state index contributed by atoms with van der Waals surface area (Å²) < 4.78 is 33.5. The molecule has 0 aromatic heterocycles. The summed E-state index contributed by atoms with van der Waals surface area (Å²) in [6.07, 6.45) is 4.04. The Kier molecular flexibility index (Phi) is 4.86. The second-order valence-corrected chi connectivity index (χ2v) is 7.20. The van der Waals surface area contributed by atoms with Crippen molar-refractivity contribution in [2.45, 2.75) is 43.5 Å². The Morgan fingerprint density at radius 2 is 2.05 bits per heavy atom. The highest BCUT2D eigenvalue weighted by molar-refractivity contribution is 9.10. The Balaban J connectivity index is 2.21. The average Bonchev–Trinajstić information content (AvgIpc) is 2.84. The molecule has 1 N–H and O–H groups in total. The predicted octanol–water partition coefficient (Wildman–Crippen LogP) is 3.07. The van der Waals surface area contributed by atoms with Gasteiger partial charge in [-0.1, -0.05) is 12.8 Å². The van der Waals surface area contributed by atoms with Crippen LogP contribution in [0.4, 0.5) is 0 Å². The van der Waals surface area contributed by atoms with Gasteiger partial charge in [0, 0.05) is 12.1 Å². The van der Waals surface area contributed by atoms with Crippen LogP contribution in [0, 0.1) is 0 Å². The maximum absolute atomic E-state index is 12.3. The first-order valence-corrected chi connectivity index (χ1v) is 8.75. The number of ether oxygens (including phenoxy) is 1. The first kappa shape index (κ1) is 14.8. The summed E-state index contributed by atoms with van der Waals surface area (Å²) in [5.74, 6) is 0.553. The number of rotatable bonds is 5. The number of hydrogen-bond donors (Lipinski definition) is 1. The van der Waals surface area contributed by atoms with E-state index in [2.05, 4.69) is 20.7 Å². The minimum Gasteiger partial charge on any atom is -0.493 e. The van der Waals surface area contributed by atoms with Crippen molar-refractivity contribution in [1.82, 2.24) is 4.72 Å². The molecule has 0 radical (unpaired) electrons. The van der Waals surface area contributed by atoms with E-state index in [-0.39, 0.29) is 10.9 Å². The predicted molar refractivity (Wildman–Crippen MR) is 77.9 cm³/mol. The number of hydrogen-bond acceptors (Lipinski definition) is 3. The molecule has 0 heterocycles. The standard InChI is InChI=1S/C13H18BrNO3S/c1-2-18-13-9-11(7-8-12(13)14)19(16,17)15-10-5-3-4-6-10/h7-10,15H,2-6H2,1H3. The molecule has 19 heavy (non-hydrogen) atoms. The van der Waals surface area contributed by atoms with Gasteiger partial charge in [-0.15, -0.1) is 0 Å². The summed E-state index contributed by atoms with van der Waals surface area (Å²) in [5, 5.41) is 0. The number of benzene rings is 1. The molecule has 106 valence electrons. The van der Waals surface area contributed by atoms with Crippen molar-refractivity contribution in [2.24, 2.45) is 0 Å². The zero-order chi connectivity index (χ0) is 13.9. The van der Waals surface area contributed by atoms with Crippen molar-refractivity contribution in [3.8, 4) is 5.75 Å². The van der Waals surface area contributed by atoms with E-state index in [0.717, 1.165) is 30.2 Å². The zero-order valence-electron chi connectivity index (χ0n) is 10.9. The Labute approximate surface area is 122 Å². The second-order valence-electron chi connectivity index (χ2n) is 4.63. The lowest BCUT2D eigenvalue weighted by Crippen LogP contribution is -2.32. The van der Waals surface area contributed by atoms with Gasteiger partial charge in [0.15, 0.2) is 0 Å². The first-order chi connectivity index (χ1) is 9.03. The Bertz CT molecular complexity index is 539. The molecule has 0 bridgehead atoms. The SMILES string of the molecule is CCOc1cc(S(=O)(=O)NC2CCCC2)ccc1Br. The van der Waals surface area contributed by atoms with E-state index in [1.54, 1.807) is 18.2 Å². The molecule has 0 saturated heterocycles. The van der Waals surface area contributed by atoms with E-state index in [4.69, 9.17) is 4.74 Å². The molecule has 4 nitrogen and oxygen atoms in total. The molecule has 0 spiro atoms.